The second-order valence-corrected chi connectivity index (χ2v) is 8.09. The molecule has 0 unspecified atom stereocenters. The number of carbonyl (C=O) groups excluding carboxylic acids is 1. The van der Waals surface area contributed by atoms with Gasteiger partial charge >= 0.3 is 0 Å². The summed E-state index contributed by atoms with van der Waals surface area (Å²) in [7, 11) is 0. The highest BCUT2D eigenvalue weighted by atomic mass is 32.1. The Balaban J connectivity index is 1.27. The Bertz CT molecular complexity index is 1000. The van der Waals surface area contributed by atoms with E-state index >= 15 is 0 Å². The van der Waals surface area contributed by atoms with Crippen molar-refractivity contribution in [3.8, 4) is 0 Å². The van der Waals surface area contributed by atoms with Gasteiger partial charge in [-0.1, -0.05) is 35.6 Å². The third kappa shape index (κ3) is 4.98. The third-order valence-electron chi connectivity index (χ3n) is 4.95. The lowest BCUT2D eigenvalue weighted by atomic mass is 10.2. The summed E-state index contributed by atoms with van der Waals surface area (Å²) in [6.45, 7) is 3.91. The van der Waals surface area contributed by atoms with Gasteiger partial charge in [-0.05, 0) is 29.8 Å². The van der Waals surface area contributed by atoms with Gasteiger partial charge < -0.3 is 10.2 Å². The van der Waals surface area contributed by atoms with Gasteiger partial charge in [0.05, 0.1) is 12.2 Å². The number of piperazine rings is 1. The average Bonchev–Trinajstić information content (AvgIpc) is 3.23. The molecule has 1 aliphatic rings. The molecule has 9 heteroatoms. The molecule has 6 nitrogen and oxygen atoms in total. The minimum atomic E-state index is -0.312. The summed E-state index contributed by atoms with van der Waals surface area (Å²) in [5, 5.41) is 12.0. The second kappa shape index (κ2) is 9.27. The Hall–Kier alpha value is -2.91. The van der Waals surface area contributed by atoms with Crippen molar-refractivity contribution in [1.82, 2.24) is 20.4 Å². The van der Waals surface area contributed by atoms with Crippen LogP contribution >= 0.6 is 11.3 Å². The van der Waals surface area contributed by atoms with Gasteiger partial charge in [-0.2, -0.15) is 0 Å². The van der Waals surface area contributed by atoms with Gasteiger partial charge in [0.25, 0.3) is 5.91 Å². The van der Waals surface area contributed by atoms with Crippen LogP contribution in [0.2, 0.25) is 0 Å². The summed E-state index contributed by atoms with van der Waals surface area (Å²) < 4.78 is 26.9. The first kappa shape index (κ1) is 20.4. The second-order valence-electron chi connectivity index (χ2n) is 7.02. The first-order valence-corrected chi connectivity index (χ1v) is 10.5. The van der Waals surface area contributed by atoms with E-state index in [1.165, 1.54) is 29.5 Å². The number of halogens is 2. The topological polar surface area (TPSA) is 61.4 Å². The molecular weight excluding hydrogens is 408 g/mol. The fourth-order valence-electron chi connectivity index (χ4n) is 3.32. The van der Waals surface area contributed by atoms with Crippen LogP contribution in [0.25, 0.3) is 0 Å². The van der Waals surface area contributed by atoms with Crippen LogP contribution in [0, 0.1) is 11.6 Å². The lowest BCUT2D eigenvalue weighted by molar-refractivity contribution is 0.0950. The predicted octanol–water partition coefficient (Wildman–Crippen LogP) is 3.07. The minimum Gasteiger partial charge on any atom is -0.367 e. The number of anilines is 1. The molecule has 3 aromatic rings. The molecule has 1 N–H and O–H groups in total. The van der Waals surface area contributed by atoms with E-state index in [2.05, 4.69) is 20.4 Å². The van der Waals surface area contributed by atoms with Crippen LogP contribution in [0.5, 0.6) is 0 Å². The normalized spacial score (nSPS) is 14.7. The molecule has 30 heavy (non-hydrogen) atoms. The van der Waals surface area contributed by atoms with Crippen molar-refractivity contribution in [2.75, 3.05) is 31.1 Å². The zero-order valence-corrected chi connectivity index (χ0v) is 17.0. The number of aromatic nitrogens is 2. The van der Waals surface area contributed by atoms with Crippen LogP contribution in [0.4, 0.5) is 14.5 Å². The molecule has 1 aromatic heterocycles. The molecule has 1 amide bonds. The van der Waals surface area contributed by atoms with E-state index in [0.717, 1.165) is 36.8 Å². The van der Waals surface area contributed by atoms with Crippen LogP contribution < -0.4 is 10.2 Å². The van der Waals surface area contributed by atoms with Crippen molar-refractivity contribution in [3.63, 3.8) is 0 Å². The number of rotatable bonds is 6. The zero-order valence-electron chi connectivity index (χ0n) is 16.2. The molecule has 1 saturated heterocycles. The number of nitrogens with one attached hydrogen (secondary N) is 1. The van der Waals surface area contributed by atoms with Crippen molar-refractivity contribution in [2.45, 2.75) is 13.1 Å². The maximum Gasteiger partial charge on any atom is 0.282 e. The van der Waals surface area contributed by atoms with E-state index in [0.29, 0.717) is 23.8 Å². The quantitative estimate of drug-likeness (QED) is 0.653. The van der Waals surface area contributed by atoms with Crippen LogP contribution in [0.15, 0.2) is 48.5 Å². The lowest BCUT2D eigenvalue weighted by Gasteiger charge is -2.35. The third-order valence-corrected chi connectivity index (χ3v) is 5.86. The molecular formula is C21H21F2N5OS. The first-order valence-electron chi connectivity index (χ1n) is 9.65. The summed E-state index contributed by atoms with van der Waals surface area (Å²) >= 11 is 1.26. The predicted molar refractivity (Wildman–Crippen MR) is 111 cm³/mol. The van der Waals surface area contributed by atoms with Crippen LogP contribution in [0.3, 0.4) is 0 Å². The first-order chi connectivity index (χ1) is 14.6. The van der Waals surface area contributed by atoms with Gasteiger partial charge in [-0.3, -0.25) is 9.69 Å². The molecule has 2 heterocycles. The van der Waals surface area contributed by atoms with Crippen LogP contribution in [0.1, 0.15) is 20.4 Å². The number of amides is 1. The maximum atomic E-state index is 14.0. The number of para-hydroxylation sites is 1. The van der Waals surface area contributed by atoms with Gasteiger partial charge in [0.15, 0.2) is 0 Å². The monoisotopic (exact) mass is 429 g/mol. The number of benzene rings is 2. The van der Waals surface area contributed by atoms with Crippen molar-refractivity contribution in [2.24, 2.45) is 0 Å². The molecule has 0 radical (unpaired) electrons. The molecule has 1 fully saturated rings. The molecule has 1 aliphatic heterocycles. The summed E-state index contributed by atoms with van der Waals surface area (Å²) in [4.78, 5) is 16.6. The molecule has 2 aromatic carbocycles. The lowest BCUT2D eigenvalue weighted by Crippen LogP contribution is -2.46. The van der Waals surface area contributed by atoms with E-state index in [-0.39, 0.29) is 17.5 Å². The summed E-state index contributed by atoms with van der Waals surface area (Å²) in [5.74, 6) is -0.813. The molecule has 0 spiro atoms. The van der Waals surface area contributed by atoms with E-state index in [9.17, 15) is 13.6 Å². The smallest absolute Gasteiger partial charge is 0.282 e. The molecule has 0 aliphatic carbocycles. The largest absolute Gasteiger partial charge is 0.367 e. The Morgan fingerprint density at radius 1 is 1.00 bits per heavy atom. The van der Waals surface area contributed by atoms with E-state index in [4.69, 9.17) is 0 Å². The highest BCUT2D eigenvalue weighted by Crippen LogP contribution is 2.21. The zero-order chi connectivity index (χ0) is 20.9. The highest BCUT2D eigenvalue weighted by molar-refractivity contribution is 7.13. The van der Waals surface area contributed by atoms with Gasteiger partial charge in [0, 0.05) is 32.7 Å². The number of hydrogen-bond donors (Lipinski definition) is 1. The van der Waals surface area contributed by atoms with Crippen molar-refractivity contribution in [1.29, 1.82) is 0 Å². The van der Waals surface area contributed by atoms with E-state index in [1.807, 2.05) is 11.0 Å². The standard InChI is InChI=1S/C21H21F2N5OS/c22-16-7-5-15(6-8-16)13-24-20(29)21-26-25-19(30-21)14-27-9-11-28(12-10-27)18-4-2-1-3-17(18)23/h1-8H,9-14H2,(H,24,29). The molecule has 0 saturated carbocycles. The van der Waals surface area contributed by atoms with Crippen molar-refractivity contribution >= 4 is 22.9 Å². The highest BCUT2D eigenvalue weighted by Gasteiger charge is 2.21. The minimum absolute atomic E-state index is 0.202. The molecule has 156 valence electrons. The van der Waals surface area contributed by atoms with Crippen LogP contribution in [-0.2, 0) is 13.1 Å². The van der Waals surface area contributed by atoms with Gasteiger partial charge in [0.1, 0.15) is 16.6 Å². The Morgan fingerprint density at radius 2 is 1.73 bits per heavy atom. The van der Waals surface area contributed by atoms with Crippen LogP contribution in [-0.4, -0.2) is 47.2 Å². The molecule has 0 bridgehead atoms. The number of nitrogens with zero attached hydrogens (tertiary/aromatic N) is 4. The Labute approximate surface area is 177 Å². The molecule has 0 atom stereocenters. The Morgan fingerprint density at radius 3 is 2.47 bits per heavy atom. The van der Waals surface area contributed by atoms with Gasteiger partial charge in [-0.15, -0.1) is 10.2 Å². The van der Waals surface area contributed by atoms with E-state index < -0.39 is 0 Å². The number of carbonyl (C=O) groups is 1. The van der Waals surface area contributed by atoms with Gasteiger partial charge in [0.2, 0.25) is 5.01 Å². The maximum absolute atomic E-state index is 14.0. The van der Waals surface area contributed by atoms with Crippen molar-refractivity contribution in [3.05, 3.63) is 75.7 Å². The van der Waals surface area contributed by atoms with Gasteiger partial charge in [-0.25, -0.2) is 8.78 Å². The Kier molecular flexibility index (Phi) is 6.29. The summed E-state index contributed by atoms with van der Waals surface area (Å²) in [5.41, 5.74) is 1.44. The fraction of sp³-hybridized carbons (Fsp3) is 0.286. The SMILES string of the molecule is O=C(NCc1ccc(F)cc1)c1nnc(CN2CCN(c3ccccc3F)CC2)s1. The number of hydrogen-bond acceptors (Lipinski definition) is 6. The fourth-order valence-corrected chi connectivity index (χ4v) is 4.11. The van der Waals surface area contributed by atoms with E-state index in [1.54, 1.807) is 24.3 Å². The van der Waals surface area contributed by atoms with Crippen molar-refractivity contribution < 1.29 is 13.6 Å². The molecule has 4 rings (SSSR count). The summed E-state index contributed by atoms with van der Waals surface area (Å²) in [6, 6.07) is 12.8. The average molecular weight is 429 g/mol. The summed E-state index contributed by atoms with van der Waals surface area (Å²) in [6.07, 6.45) is 0.